The summed E-state index contributed by atoms with van der Waals surface area (Å²) in [7, 11) is 0. The first-order chi connectivity index (χ1) is 34.7. The average Bonchev–Trinajstić information content (AvgIpc) is 3.38. The molecule has 0 saturated heterocycles. The largest absolute Gasteiger partial charge is 0.465 e. The van der Waals surface area contributed by atoms with Crippen molar-refractivity contribution < 1.29 is 76.0 Å². The zero-order valence-corrected chi connectivity index (χ0v) is 44.3. The molecule has 0 aromatic heterocycles. The maximum atomic E-state index is 14.8. The summed E-state index contributed by atoms with van der Waals surface area (Å²) in [6, 6.07) is 0. The van der Waals surface area contributed by atoms with Gasteiger partial charge >= 0.3 is 23.9 Å². The fourth-order valence-electron chi connectivity index (χ4n) is 6.98. The number of ether oxygens (including phenoxy) is 12. The van der Waals surface area contributed by atoms with Crippen LogP contribution in [0.25, 0.3) is 0 Å². The topological polar surface area (TPSA) is 179 Å². The van der Waals surface area contributed by atoms with Crippen LogP contribution in [0, 0.1) is 33.5 Å². The van der Waals surface area contributed by atoms with Gasteiger partial charge in [0.25, 0.3) is 0 Å². The van der Waals surface area contributed by atoms with Crippen molar-refractivity contribution in [2.45, 2.75) is 66.2 Å². The molecule has 16 heteroatoms. The molecule has 0 aliphatic carbocycles. The summed E-state index contributed by atoms with van der Waals surface area (Å²) in [5.41, 5.74) is -3.36. The van der Waals surface area contributed by atoms with Crippen LogP contribution in [0.15, 0.2) is 101 Å². The van der Waals surface area contributed by atoms with E-state index in [0.29, 0.717) is 25.7 Å². The van der Waals surface area contributed by atoms with E-state index in [2.05, 4.69) is 52.6 Å². The Hall–Kier alpha value is -4.52. The van der Waals surface area contributed by atoms with Gasteiger partial charge in [0, 0.05) is 0 Å². The quantitative estimate of drug-likeness (QED) is 0.0245. The van der Waals surface area contributed by atoms with Crippen LogP contribution < -0.4 is 0 Å². The minimum atomic E-state index is -1.63. The van der Waals surface area contributed by atoms with Gasteiger partial charge < -0.3 is 56.8 Å². The van der Waals surface area contributed by atoms with Crippen LogP contribution in [-0.2, 0) is 76.0 Å². The lowest BCUT2D eigenvalue weighted by atomic mass is 9.85. The summed E-state index contributed by atoms with van der Waals surface area (Å²) in [5, 5.41) is 0. The molecule has 0 amide bonds. The van der Waals surface area contributed by atoms with E-state index < -0.39 is 70.2 Å². The molecule has 410 valence electrons. The van der Waals surface area contributed by atoms with E-state index in [1.54, 1.807) is 48.6 Å². The molecule has 0 aromatic rings. The van der Waals surface area contributed by atoms with Crippen LogP contribution in [0.2, 0.25) is 0 Å². The highest BCUT2D eigenvalue weighted by Gasteiger charge is 2.44. The van der Waals surface area contributed by atoms with Gasteiger partial charge in [0.05, 0.1) is 152 Å². The van der Waals surface area contributed by atoms with Crippen molar-refractivity contribution >= 4 is 23.9 Å². The molecule has 0 spiro atoms. The van der Waals surface area contributed by atoms with Crippen LogP contribution in [0.5, 0.6) is 0 Å². The Kier molecular flexibility index (Phi) is 38.3. The molecule has 2 atom stereocenters. The van der Waals surface area contributed by atoms with Gasteiger partial charge in [-0.3, -0.25) is 19.2 Å². The molecule has 0 radical (unpaired) electrons. The average molecular weight is 1020 g/mol. The first-order valence-corrected chi connectivity index (χ1v) is 24.9. The van der Waals surface area contributed by atoms with E-state index in [1.807, 2.05) is 27.7 Å². The number of carbonyl (C=O) groups excluding carboxylic acids is 4. The molecular weight excluding hydrogens is 929 g/mol. The van der Waals surface area contributed by atoms with Gasteiger partial charge in [-0.15, -0.1) is 52.6 Å². The summed E-state index contributed by atoms with van der Waals surface area (Å²) >= 11 is 0. The van der Waals surface area contributed by atoms with E-state index in [-0.39, 0.29) is 132 Å². The number of esters is 4. The number of hydrogen-bond donors (Lipinski definition) is 0. The second-order valence-electron chi connectivity index (χ2n) is 18.0. The fraction of sp³-hybridized carbons (Fsp3) is 0.643. The zero-order valence-electron chi connectivity index (χ0n) is 44.3. The molecule has 0 fully saturated rings. The summed E-state index contributed by atoms with van der Waals surface area (Å²) in [4.78, 5) is 58.1. The Balaban J connectivity index is 7.66. The third kappa shape index (κ3) is 27.5. The smallest absolute Gasteiger partial charge is 0.310 e. The van der Waals surface area contributed by atoms with Gasteiger partial charge in [0.1, 0.15) is 26.4 Å². The first kappa shape index (κ1) is 67.5. The molecule has 0 heterocycles. The van der Waals surface area contributed by atoms with E-state index in [0.717, 1.165) is 0 Å². The predicted molar refractivity (Wildman–Crippen MR) is 279 cm³/mol. The summed E-state index contributed by atoms with van der Waals surface area (Å²) in [6.07, 6.45) is 13.2. The van der Waals surface area contributed by atoms with Gasteiger partial charge in [0.15, 0.2) is 0 Å². The number of rotatable bonds is 51. The highest BCUT2D eigenvalue weighted by molar-refractivity contribution is 5.88. The van der Waals surface area contributed by atoms with Gasteiger partial charge in [-0.1, -0.05) is 76.3 Å². The molecule has 0 N–H and O–H groups in total. The number of carbonyl (C=O) groups is 4. The van der Waals surface area contributed by atoms with Crippen molar-refractivity contribution in [3.8, 4) is 0 Å². The molecule has 0 rings (SSSR count). The molecule has 0 aromatic carbocycles. The van der Waals surface area contributed by atoms with Crippen molar-refractivity contribution in [3.05, 3.63) is 101 Å². The third-order valence-electron chi connectivity index (χ3n) is 12.1. The summed E-state index contributed by atoms with van der Waals surface area (Å²) in [5.74, 6) is -6.92. The lowest BCUT2D eigenvalue weighted by Crippen LogP contribution is -2.43. The van der Waals surface area contributed by atoms with Crippen molar-refractivity contribution in [3.63, 3.8) is 0 Å². The van der Waals surface area contributed by atoms with Gasteiger partial charge in [-0.25, -0.2) is 0 Å². The van der Waals surface area contributed by atoms with E-state index in [1.165, 1.54) is 0 Å². The lowest BCUT2D eigenvalue weighted by Gasteiger charge is -2.34. The van der Waals surface area contributed by atoms with Crippen LogP contribution in [0.3, 0.4) is 0 Å². The van der Waals surface area contributed by atoms with Crippen LogP contribution in [-0.4, -0.2) is 156 Å². The minimum Gasteiger partial charge on any atom is -0.465 e. The minimum absolute atomic E-state index is 0.110. The van der Waals surface area contributed by atoms with Crippen molar-refractivity contribution in [2.24, 2.45) is 33.5 Å². The van der Waals surface area contributed by atoms with Crippen molar-refractivity contribution in [1.29, 1.82) is 0 Å². The van der Waals surface area contributed by atoms with E-state index in [9.17, 15) is 19.2 Å². The normalized spacial score (nSPS) is 12.7. The maximum absolute atomic E-state index is 14.8. The molecule has 72 heavy (non-hydrogen) atoms. The Morgan fingerprint density at radius 3 is 0.667 bits per heavy atom. The van der Waals surface area contributed by atoms with Crippen LogP contribution in [0.1, 0.15) is 66.2 Å². The Morgan fingerprint density at radius 2 is 0.500 bits per heavy atom. The molecule has 0 aliphatic heterocycles. The first-order valence-electron chi connectivity index (χ1n) is 24.9. The monoisotopic (exact) mass is 1020 g/mol. The molecular formula is C56H90O16. The Morgan fingerprint density at radius 1 is 0.319 bits per heavy atom. The highest BCUT2D eigenvalue weighted by Crippen LogP contribution is 2.32. The zero-order chi connectivity index (χ0) is 54.0. The summed E-state index contributed by atoms with van der Waals surface area (Å²) in [6.45, 7) is 39.4. The van der Waals surface area contributed by atoms with E-state index in [4.69, 9.17) is 56.8 Å². The van der Waals surface area contributed by atoms with Gasteiger partial charge in [-0.05, 0) is 25.7 Å². The predicted octanol–water partition coefficient (Wildman–Crippen LogP) is 8.38. The SMILES string of the molecule is C=CCOCC(CC)(COCC=C)COC(=O)CC(C(=O)OCC(CC)(COCC=C)COCC=C)C(CC(=O)OCC(CC)(COCC=C)COCC=C)C(=O)OCC(CC)(COCC=C)COCC=C. The molecule has 0 bridgehead atoms. The van der Waals surface area contributed by atoms with Crippen LogP contribution >= 0.6 is 0 Å². The second kappa shape index (κ2) is 40.9. The van der Waals surface area contributed by atoms with E-state index >= 15 is 0 Å². The number of hydrogen-bond acceptors (Lipinski definition) is 16. The van der Waals surface area contributed by atoms with Gasteiger partial charge in [0.2, 0.25) is 0 Å². The van der Waals surface area contributed by atoms with Gasteiger partial charge in [-0.2, -0.15) is 0 Å². The summed E-state index contributed by atoms with van der Waals surface area (Å²) < 4.78 is 70.8. The lowest BCUT2D eigenvalue weighted by molar-refractivity contribution is -0.175. The molecule has 2 unspecified atom stereocenters. The Labute approximate surface area is 431 Å². The highest BCUT2D eigenvalue weighted by atomic mass is 16.6. The fourth-order valence-corrected chi connectivity index (χ4v) is 6.98. The van der Waals surface area contributed by atoms with Crippen molar-refractivity contribution in [1.82, 2.24) is 0 Å². The third-order valence-corrected chi connectivity index (χ3v) is 12.1. The molecule has 0 saturated carbocycles. The maximum Gasteiger partial charge on any atom is 0.310 e. The molecule has 0 aliphatic rings. The van der Waals surface area contributed by atoms with Crippen LogP contribution in [0.4, 0.5) is 0 Å². The Bertz CT molecular complexity index is 1430. The van der Waals surface area contributed by atoms with Crippen molar-refractivity contribution in [2.75, 3.05) is 132 Å². The standard InChI is InChI=1S/C56H90O16/c1-13-25-61-35-53(21-9,36-62-26-14-2)43-69-49(57)33-47(51(59)71-45-55(23-11,39-65-29-17-5)40-66-30-18-6)48(52(60)72-46-56(24-12,41-67-31-19-7)42-68-32-20-8)34-50(58)70-44-54(22-10,37-63-27-15-3)38-64-28-16-4/h13-20,47-48H,1-8,21-46H2,9-12H3. The second-order valence-corrected chi connectivity index (χ2v) is 18.0. The molecule has 16 nitrogen and oxygen atoms in total.